The lowest BCUT2D eigenvalue weighted by Crippen LogP contribution is -2.70. The third-order valence-electron chi connectivity index (χ3n) is 8.89. The molecular formula is C35H39N5O6SSi. The van der Waals surface area contributed by atoms with Crippen LogP contribution in [-0.4, -0.2) is 73.4 Å². The quantitative estimate of drug-likeness (QED) is 0.141. The van der Waals surface area contributed by atoms with E-state index in [4.69, 9.17) is 9.16 Å². The van der Waals surface area contributed by atoms with E-state index in [0.29, 0.717) is 43.9 Å². The van der Waals surface area contributed by atoms with Crippen molar-refractivity contribution in [1.29, 1.82) is 0 Å². The van der Waals surface area contributed by atoms with Crippen LogP contribution in [0.4, 0.5) is 15.6 Å². The van der Waals surface area contributed by atoms with Gasteiger partial charge in [0.25, 0.3) is 19.9 Å². The van der Waals surface area contributed by atoms with Crippen molar-refractivity contribution in [3.05, 3.63) is 112 Å². The van der Waals surface area contributed by atoms with E-state index in [1.165, 1.54) is 33.8 Å². The molecule has 2 amide bonds. The summed E-state index contributed by atoms with van der Waals surface area (Å²) in [5.41, 5.74) is 0.982. The number of ether oxygens (including phenoxy) is 1. The fourth-order valence-electron chi connectivity index (χ4n) is 6.38. The van der Waals surface area contributed by atoms with Crippen LogP contribution >= 0.6 is 11.3 Å². The highest BCUT2D eigenvalue weighted by Crippen LogP contribution is 2.39. The van der Waals surface area contributed by atoms with Gasteiger partial charge in [0, 0.05) is 49.7 Å². The number of hydrogen-bond donors (Lipinski definition) is 1. The van der Waals surface area contributed by atoms with Crippen LogP contribution in [0.1, 0.15) is 43.2 Å². The van der Waals surface area contributed by atoms with E-state index in [0.717, 1.165) is 5.13 Å². The molecule has 250 valence electrons. The molecule has 0 saturated carbocycles. The Hall–Kier alpha value is -4.59. The molecule has 2 fully saturated rings. The van der Waals surface area contributed by atoms with E-state index < -0.39 is 19.3 Å². The van der Waals surface area contributed by atoms with E-state index >= 15 is 0 Å². The van der Waals surface area contributed by atoms with Crippen LogP contribution < -0.4 is 20.6 Å². The van der Waals surface area contributed by atoms with Crippen LogP contribution in [0.3, 0.4) is 0 Å². The molecule has 1 N–H and O–H groups in total. The molecule has 0 unspecified atom stereocenters. The number of nitrogens with one attached hydrogen (secondary N) is 1. The second kappa shape index (κ2) is 13.9. The average molecular weight is 686 g/mol. The molecule has 0 radical (unpaired) electrons. The summed E-state index contributed by atoms with van der Waals surface area (Å²) in [6, 6.07) is 26.9. The summed E-state index contributed by atoms with van der Waals surface area (Å²) in [6.45, 7) is 8.99. The van der Waals surface area contributed by atoms with Gasteiger partial charge in [-0.2, -0.15) is 0 Å². The van der Waals surface area contributed by atoms with E-state index in [-0.39, 0.29) is 35.4 Å². The molecule has 4 aromatic rings. The van der Waals surface area contributed by atoms with E-state index in [2.05, 4.69) is 84.5 Å². The van der Waals surface area contributed by atoms with Gasteiger partial charge < -0.3 is 24.3 Å². The summed E-state index contributed by atoms with van der Waals surface area (Å²) in [7, 11) is -2.66. The molecule has 1 aromatic heterocycles. The fraction of sp³-hybridized carbons (Fsp3) is 0.343. The molecule has 1 atom stereocenters. The fourth-order valence-corrected chi connectivity index (χ4v) is 11.9. The van der Waals surface area contributed by atoms with Crippen molar-refractivity contribution in [2.75, 3.05) is 31.1 Å². The van der Waals surface area contributed by atoms with Crippen molar-refractivity contribution < 1.29 is 23.7 Å². The van der Waals surface area contributed by atoms with Gasteiger partial charge in [0.1, 0.15) is 12.3 Å². The summed E-state index contributed by atoms with van der Waals surface area (Å²) in [5, 5.41) is 18.8. The normalized spacial score (nSPS) is 16.8. The minimum Gasteiger partial charge on any atom is -0.445 e. The molecule has 48 heavy (non-hydrogen) atoms. The van der Waals surface area contributed by atoms with Crippen LogP contribution in [0.25, 0.3) is 0 Å². The third kappa shape index (κ3) is 6.98. The molecule has 2 aliphatic heterocycles. The maximum atomic E-state index is 13.1. The second-order valence-corrected chi connectivity index (χ2v) is 18.3. The van der Waals surface area contributed by atoms with E-state index in [1.54, 1.807) is 22.4 Å². The zero-order valence-electron chi connectivity index (χ0n) is 27.2. The first-order valence-electron chi connectivity index (χ1n) is 16.0. The van der Waals surface area contributed by atoms with Crippen molar-refractivity contribution >= 4 is 52.8 Å². The highest BCUT2D eigenvalue weighted by Gasteiger charge is 2.52. The molecule has 2 saturated heterocycles. The minimum absolute atomic E-state index is 0.00619. The molecule has 3 heterocycles. The second-order valence-electron chi connectivity index (χ2n) is 13.2. The highest BCUT2D eigenvalue weighted by atomic mass is 32.1. The van der Waals surface area contributed by atoms with Gasteiger partial charge in [-0.25, -0.2) is 9.78 Å². The van der Waals surface area contributed by atoms with Gasteiger partial charge in [-0.3, -0.25) is 14.9 Å². The topological polar surface area (TPSA) is 127 Å². The number of aromatic nitrogens is 1. The molecule has 6 rings (SSSR count). The number of carbonyl (C=O) groups is 2. The Morgan fingerprint density at radius 3 is 2.19 bits per heavy atom. The molecule has 0 aliphatic carbocycles. The van der Waals surface area contributed by atoms with Crippen LogP contribution in [0.5, 0.6) is 0 Å². The Kier molecular flexibility index (Phi) is 9.62. The van der Waals surface area contributed by atoms with Crippen molar-refractivity contribution in [2.24, 2.45) is 0 Å². The van der Waals surface area contributed by atoms with Gasteiger partial charge in [0.2, 0.25) is 0 Å². The van der Waals surface area contributed by atoms with Crippen LogP contribution in [0, 0.1) is 10.1 Å². The zero-order chi connectivity index (χ0) is 33.9. The number of anilines is 1. The molecular weight excluding hydrogens is 647 g/mol. The van der Waals surface area contributed by atoms with Gasteiger partial charge in [0.05, 0.1) is 11.0 Å². The Labute approximate surface area is 284 Å². The maximum absolute atomic E-state index is 13.1. The number of nitro benzene ring substituents is 1. The summed E-state index contributed by atoms with van der Waals surface area (Å²) < 4.78 is 12.6. The summed E-state index contributed by atoms with van der Waals surface area (Å²) in [6.07, 6.45) is 0.138. The lowest BCUT2D eigenvalue weighted by molar-refractivity contribution is -0.384. The van der Waals surface area contributed by atoms with Crippen molar-refractivity contribution in [3.8, 4) is 0 Å². The number of thiazole rings is 1. The number of rotatable bonds is 10. The Morgan fingerprint density at radius 2 is 1.60 bits per heavy atom. The molecule has 0 bridgehead atoms. The Morgan fingerprint density at radius 1 is 0.979 bits per heavy atom. The molecule has 2 aliphatic rings. The number of hydrogen-bond acceptors (Lipinski definition) is 9. The number of benzene rings is 3. The number of nitrogens with zero attached hydrogens (tertiary/aromatic N) is 4. The summed E-state index contributed by atoms with van der Waals surface area (Å²) in [5.74, 6) is -0.274. The zero-order valence-corrected chi connectivity index (χ0v) is 29.0. The smallest absolute Gasteiger partial charge is 0.410 e. The SMILES string of the molecule is CC(C)(C)[Si](OC1CN(c2nc(C(=O)N[C@H]3CCN(C(=O)OCc4ccc([N+](=O)[O-])cc4)C3)cs2)C1)(c1ccccc1)c1ccccc1. The number of carbonyl (C=O) groups excluding carboxylic acids is 2. The maximum Gasteiger partial charge on any atom is 0.410 e. The highest BCUT2D eigenvalue weighted by molar-refractivity contribution is 7.14. The summed E-state index contributed by atoms with van der Waals surface area (Å²) >= 11 is 1.44. The van der Waals surface area contributed by atoms with Crippen LogP contribution in [-0.2, 0) is 15.8 Å². The summed E-state index contributed by atoms with van der Waals surface area (Å²) in [4.78, 5) is 44.4. The number of amides is 2. The lowest BCUT2D eigenvalue weighted by Gasteiger charge is -2.49. The molecule has 13 heteroatoms. The minimum atomic E-state index is -2.66. The van der Waals surface area contributed by atoms with Gasteiger partial charge in [-0.15, -0.1) is 11.3 Å². The third-order valence-corrected chi connectivity index (χ3v) is 14.9. The van der Waals surface area contributed by atoms with Gasteiger partial charge in [0.15, 0.2) is 5.13 Å². The Balaban J connectivity index is 1.02. The Bertz CT molecular complexity index is 1700. The van der Waals surface area contributed by atoms with E-state index in [1.807, 2.05) is 12.1 Å². The van der Waals surface area contributed by atoms with Crippen LogP contribution in [0.2, 0.25) is 5.04 Å². The average Bonchev–Trinajstić information content (AvgIpc) is 3.74. The first kappa shape index (κ1) is 33.3. The first-order chi connectivity index (χ1) is 23.0. The molecule has 0 spiro atoms. The number of likely N-dealkylation sites (tertiary alicyclic amines) is 1. The predicted octanol–water partition coefficient (Wildman–Crippen LogP) is 4.96. The molecule has 11 nitrogen and oxygen atoms in total. The van der Waals surface area contributed by atoms with Crippen molar-refractivity contribution in [2.45, 2.75) is 51.0 Å². The number of non-ortho nitro benzene ring substituents is 1. The van der Waals surface area contributed by atoms with Gasteiger partial charge in [-0.05, 0) is 39.5 Å². The van der Waals surface area contributed by atoms with Crippen molar-refractivity contribution in [1.82, 2.24) is 15.2 Å². The predicted molar refractivity (Wildman–Crippen MR) is 188 cm³/mol. The standard InChI is InChI=1S/C35H39N5O6SSi/c1-35(2,3)48(29-10-6-4-7-11-29,30-12-8-5-9-13-30)46-28-21-39(22-28)33-37-31(24-47-33)32(41)36-26-18-19-38(20-26)34(42)45-23-25-14-16-27(17-15-25)40(43)44/h4-17,24,26,28H,18-23H2,1-3H3,(H,36,41)/t26-/m0/s1. The monoisotopic (exact) mass is 685 g/mol. The largest absolute Gasteiger partial charge is 0.445 e. The first-order valence-corrected chi connectivity index (χ1v) is 18.8. The van der Waals surface area contributed by atoms with Crippen LogP contribution in [0.15, 0.2) is 90.3 Å². The lowest BCUT2D eigenvalue weighted by atomic mass is 10.2. The van der Waals surface area contributed by atoms with Gasteiger partial charge in [-0.1, -0.05) is 81.4 Å². The number of nitro groups is 1. The molecule has 3 aromatic carbocycles. The van der Waals surface area contributed by atoms with Gasteiger partial charge >= 0.3 is 6.09 Å². The van der Waals surface area contributed by atoms with E-state index in [9.17, 15) is 19.7 Å². The van der Waals surface area contributed by atoms with Crippen molar-refractivity contribution in [3.63, 3.8) is 0 Å².